The van der Waals surface area contributed by atoms with E-state index in [2.05, 4.69) is 40.4 Å². The zero-order valence-corrected chi connectivity index (χ0v) is 12.8. The molecule has 0 saturated carbocycles. The van der Waals surface area contributed by atoms with Crippen molar-refractivity contribution in [2.75, 3.05) is 26.0 Å². The van der Waals surface area contributed by atoms with Crippen molar-refractivity contribution < 1.29 is 4.74 Å². The summed E-state index contributed by atoms with van der Waals surface area (Å²) >= 11 is 1.79. The molecule has 3 rings (SSSR count). The number of benzene rings is 1. The first kappa shape index (κ1) is 13.9. The fourth-order valence-electron chi connectivity index (χ4n) is 2.66. The smallest absolute Gasteiger partial charge is 0.166 e. The first-order valence-corrected chi connectivity index (χ1v) is 8.09. The predicted octanol–water partition coefficient (Wildman–Crippen LogP) is 2.59. The second kappa shape index (κ2) is 6.16. The molecule has 0 bridgehead atoms. The van der Waals surface area contributed by atoms with Crippen molar-refractivity contribution in [2.45, 2.75) is 24.5 Å². The van der Waals surface area contributed by atoms with E-state index in [4.69, 9.17) is 4.74 Å². The number of hydrogen-bond acceptors (Lipinski definition) is 4. The number of rotatable bonds is 5. The highest BCUT2D eigenvalue weighted by atomic mass is 32.2. The zero-order valence-electron chi connectivity index (χ0n) is 12.0. The van der Waals surface area contributed by atoms with Crippen molar-refractivity contribution in [3.05, 3.63) is 23.8 Å². The molecule has 2 heterocycles. The highest BCUT2D eigenvalue weighted by Gasteiger charge is 2.24. The molecule has 0 radical (unpaired) electrons. The molecule has 1 saturated heterocycles. The second-order valence-electron chi connectivity index (χ2n) is 5.39. The third-order valence-corrected chi connectivity index (χ3v) is 4.91. The van der Waals surface area contributed by atoms with E-state index < -0.39 is 0 Å². The standard InChI is InChI=1S/C15H21N3OS/c1-10-3-4-12-13(7-10)18-15(17-12)20-9-14(16-2)11-5-6-19-8-11/h3-4,7,11,14,16H,5-6,8-9H2,1-2H3,(H,17,18). The van der Waals surface area contributed by atoms with E-state index in [0.29, 0.717) is 12.0 Å². The lowest BCUT2D eigenvalue weighted by atomic mass is 10.0. The van der Waals surface area contributed by atoms with Gasteiger partial charge in [0, 0.05) is 24.3 Å². The van der Waals surface area contributed by atoms with Crippen LogP contribution in [0.25, 0.3) is 11.0 Å². The predicted molar refractivity (Wildman–Crippen MR) is 83.3 cm³/mol. The summed E-state index contributed by atoms with van der Waals surface area (Å²) in [5, 5.41) is 4.42. The van der Waals surface area contributed by atoms with Gasteiger partial charge in [-0.25, -0.2) is 4.98 Å². The Kier molecular flexibility index (Phi) is 4.29. The summed E-state index contributed by atoms with van der Waals surface area (Å²) in [6.07, 6.45) is 1.16. The van der Waals surface area contributed by atoms with Crippen molar-refractivity contribution in [3.63, 3.8) is 0 Å². The molecule has 1 aliphatic rings. The maximum Gasteiger partial charge on any atom is 0.166 e. The molecule has 1 fully saturated rings. The summed E-state index contributed by atoms with van der Waals surface area (Å²) in [5.41, 5.74) is 3.43. The molecule has 108 valence electrons. The number of nitrogens with zero attached hydrogens (tertiary/aromatic N) is 1. The van der Waals surface area contributed by atoms with Crippen LogP contribution >= 0.6 is 11.8 Å². The van der Waals surface area contributed by atoms with Gasteiger partial charge in [-0.2, -0.15) is 0 Å². The number of ether oxygens (including phenoxy) is 1. The van der Waals surface area contributed by atoms with Gasteiger partial charge in [0.05, 0.1) is 17.6 Å². The third-order valence-electron chi connectivity index (χ3n) is 3.92. The van der Waals surface area contributed by atoms with Gasteiger partial charge in [-0.05, 0) is 38.1 Å². The Balaban J connectivity index is 1.66. The molecule has 2 aromatic rings. The SMILES string of the molecule is CNC(CSc1nc2ccc(C)cc2[nH]1)C1CCOC1. The summed E-state index contributed by atoms with van der Waals surface area (Å²) in [5.74, 6) is 1.64. The van der Waals surface area contributed by atoms with Gasteiger partial charge in [-0.1, -0.05) is 17.8 Å². The first-order chi connectivity index (χ1) is 9.76. The first-order valence-electron chi connectivity index (χ1n) is 7.10. The van der Waals surface area contributed by atoms with E-state index in [1.54, 1.807) is 11.8 Å². The van der Waals surface area contributed by atoms with Gasteiger partial charge < -0.3 is 15.0 Å². The molecule has 0 aliphatic carbocycles. The average molecular weight is 291 g/mol. The van der Waals surface area contributed by atoms with Gasteiger partial charge in [0.2, 0.25) is 0 Å². The van der Waals surface area contributed by atoms with E-state index in [1.165, 1.54) is 5.56 Å². The molecular formula is C15H21N3OS. The molecule has 20 heavy (non-hydrogen) atoms. The van der Waals surface area contributed by atoms with E-state index in [9.17, 15) is 0 Å². The average Bonchev–Trinajstić information content (AvgIpc) is 3.08. The number of aromatic amines is 1. The van der Waals surface area contributed by atoms with Crippen LogP contribution < -0.4 is 5.32 Å². The highest BCUT2D eigenvalue weighted by molar-refractivity contribution is 7.99. The summed E-state index contributed by atoms with van der Waals surface area (Å²) in [6.45, 7) is 3.88. The van der Waals surface area contributed by atoms with Crippen molar-refractivity contribution >= 4 is 22.8 Å². The monoisotopic (exact) mass is 291 g/mol. The quantitative estimate of drug-likeness (QED) is 0.831. The van der Waals surface area contributed by atoms with Crippen LogP contribution in [-0.4, -0.2) is 42.0 Å². The molecule has 0 spiro atoms. The van der Waals surface area contributed by atoms with Crippen LogP contribution in [0.5, 0.6) is 0 Å². The van der Waals surface area contributed by atoms with Gasteiger partial charge in [0.1, 0.15) is 0 Å². The Morgan fingerprint density at radius 1 is 1.55 bits per heavy atom. The van der Waals surface area contributed by atoms with Crippen molar-refractivity contribution in [1.82, 2.24) is 15.3 Å². The fourth-order valence-corrected chi connectivity index (χ4v) is 3.78. The molecule has 2 unspecified atom stereocenters. The number of aromatic nitrogens is 2. The third kappa shape index (κ3) is 3.00. The van der Waals surface area contributed by atoms with Gasteiger partial charge >= 0.3 is 0 Å². The highest BCUT2D eigenvalue weighted by Crippen LogP contribution is 2.24. The zero-order chi connectivity index (χ0) is 13.9. The Hall–Kier alpha value is -1.04. The number of nitrogens with one attached hydrogen (secondary N) is 2. The Morgan fingerprint density at radius 2 is 2.45 bits per heavy atom. The molecule has 1 aromatic heterocycles. The van der Waals surface area contributed by atoms with Crippen LogP contribution in [0.15, 0.2) is 23.4 Å². The van der Waals surface area contributed by atoms with E-state index in [-0.39, 0.29) is 0 Å². The number of H-pyrrole nitrogens is 1. The lowest BCUT2D eigenvalue weighted by molar-refractivity contribution is 0.180. The maximum atomic E-state index is 5.48. The van der Waals surface area contributed by atoms with E-state index in [1.807, 2.05) is 7.05 Å². The summed E-state index contributed by atoms with van der Waals surface area (Å²) < 4.78 is 5.48. The van der Waals surface area contributed by atoms with Gasteiger partial charge in [0.25, 0.3) is 0 Å². The summed E-state index contributed by atoms with van der Waals surface area (Å²) in [4.78, 5) is 8.03. The van der Waals surface area contributed by atoms with E-state index in [0.717, 1.165) is 41.6 Å². The largest absolute Gasteiger partial charge is 0.381 e. The normalized spacial score (nSPS) is 20.6. The number of fused-ring (bicyclic) bond motifs is 1. The lowest BCUT2D eigenvalue weighted by Gasteiger charge is -2.20. The lowest BCUT2D eigenvalue weighted by Crippen LogP contribution is -2.36. The van der Waals surface area contributed by atoms with Gasteiger partial charge in [-0.3, -0.25) is 0 Å². The van der Waals surface area contributed by atoms with Gasteiger partial charge in [0.15, 0.2) is 5.16 Å². The fraction of sp³-hybridized carbons (Fsp3) is 0.533. The van der Waals surface area contributed by atoms with Crippen LogP contribution in [0.4, 0.5) is 0 Å². The maximum absolute atomic E-state index is 5.48. The minimum Gasteiger partial charge on any atom is -0.381 e. The van der Waals surface area contributed by atoms with Crippen LogP contribution in [0, 0.1) is 12.8 Å². The molecule has 1 aromatic carbocycles. The molecule has 5 heteroatoms. The Bertz CT molecular complexity index is 578. The van der Waals surface area contributed by atoms with Crippen molar-refractivity contribution in [2.24, 2.45) is 5.92 Å². The molecular weight excluding hydrogens is 270 g/mol. The number of thioether (sulfide) groups is 1. The van der Waals surface area contributed by atoms with Gasteiger partial charge in [-0.15, -0.1) is 0 Å². The summed E-state index contributed by atoms with van der Waals surface area (Å²) in [6, 6.07) is 6.81. The molecule has 0 amide bonds. The molecule has 4 nitrogen and oxygen atoms in total. The number of imidazole rings is 1. The molecule has 2 N–H and O–H groups in total. The minimum absolute atomic E-state index is 0.484. The number of hydrogen-bond donors (Lipinski definition) is 2. The van der Waals surface area contributed by atoms with Crippen LogP contribution in [0.3, 0.4) is 0 Å². The van der Waals surface area contributed by atoms with Crippen LogP contribution in [0.1, 0.15) is 12.0 Å². The Labute approximate surface area is 123 Å². The number of aryl methyl sites for hydroxylation is 1. The van der Waals surface area contributed by atoms with Crippen LogP contribution in [0.2, 0.25) is 0 Å². The topological polar surface area (TPSA) is 49.9 Å². The van der Waals surface area contributed by atoms with E-state index >= 15 is 0 Å². The molecule has 1 aliphatic heterocycles. The van der Waals surface area contributed by atoms with Crippen molar-refractivity contribution in [1.29, 1.82) is 0 Å². The van der Waals surface area contributed by atoms with Crippen LogP contribution in [-0.2, 0) is 4.74 Å². The Morgan fingerprint density at radius 3 is 3.20 bits per heavy atom. The summed E-state index contributed by atoms with van der Waals surface area (Å²) in [7, 11) is 2.03. The minimum atomic E-state index is 0.484. The van der Waals surface area contributed by atoms with Crippen molar-refractivity contribution in [3.8, 4) is 0 Å². The second-order valence-corrected chi connectivity index (χ2v) is 6.40. The molecule has 2 atom stereocenters.